The maximum Gasteiger partial charge on any atom is 0.240 e. The minimum absolute atomic E-state index is 0.126. The van der Waals surface area contributed by atoms with Gasteiger partial charge in [0.05, 0.1) is 6.21 Å². The highest BCUT2D eigenvalue weighted by molar-refractivity contribution is 5.82. The molecule has 18 heavy (non-hydrogen) atoms. The first kappa shape index (κ1) is 14.4. The van der Waals surface area contributed by atoms with E-state index in [9.17, 15) is 9.18 Å². The third kappa shape index (κ3) is 5.57. The lowest BCUT2D eigenvalue weighted by Gasteiger charge is -1.99. The number of amides is 1. The van der Waals surface area contributed by atoms with Gasteiger partial charge in [-0.05, 0) is 12.5 Å². The first-order chi connectivity index (χ1) is 8.74. The number of hydrogen-bond acceptors (Lipinski definition) is 2. The van der Waals surface area contributed by atoms with Crippen molar-refractivity contribution in [2.24, 2.45) is 5.10 Å². The van der Waals surface area contributed by atoms with Gasteiger partial charge in [0, 0.05) is 12.0 Å². The van der Waals surface area contributed by atoms with Gasteiger partial charge in [0.25, 0.3) is 0 Å². The summed E-state index contributed by atoms with van der Waals surface area (Å²) in [7, 11) is 0. The van der Waals surface area contributed by atoms with Crippen LogP contribution in [0.15, 0.2) is 29.4 Å². The maximum absolute atomic E-state index is 13.2. The van der Waals surface area contributed by atoms with Crippen molar-refractivity contribution in [2.75, 3.05) is 0 Å². The van der Waals surface area contributed by atoms with Crippen molar-refractivity contribution in [3.8, 4) is 0 Å². The highest BCUT2D eigenvalue weighted by Crippen LogP contribution is 2.03. The molecule has 0 fully saturated rings. The van der Waals surface area contributed by atoms with Crippen molar-refractivity contribution in [2.45, 2.75) is 39.0 Å². The number of carbonyl (C=O) groups excluding carboxylic acids is 1. The number of rotatable bonds is 7. The SMILES string of the molecule is CCCCCCC(=O)N/N=C/c1ccccc1F. The molecule has 0 saturated carbocycles. The van der Waals surface area contributed by atoms with Crippen LogP contribution in [-0.2, 0) is 4.79 Å². The Kier molecular flexibility index (Phi) is 6.69. The lowest BCUT2D eigenvalue weighted by Crippen LogP contribution is -2.17. The lowest BCUT2D eigenvalue weighted by atomic mass is 10.1. The fourth-order valence-corrected chi connectivity index (χ4v) is 1.52. The van der Waals surface area contributed by atoms with E-state index in [2.05, 4.69) is 17.5 Å². The van der Waals surface area contributed by atoms with Gasteiger partial charge in [0.15, 0.2) is 0 Å². The Morgan fingerprint density at radius 2 is 2.11 bits per heavy atom. The zero-order valence-corrected chi connectivity index (χ0v) is 10.7. The van der Waals surface area contributed by atoms with Gasteiger partial charge in [-0.3, -0.25) is 4.79 Å². The van der Waals surface area contributed by atoms with E-state index >= 15 is 0 Å². The minimum Gasteiger partial charge on any atom is -0.273 e. The number of unbranched alkanes of at least 4 members (excludes halogenated alkanes) is 3. The van der Waals surface area contributed by atoms with Crippen LogP contribution in [0.1, 0.15) is 44.6 Å². The Morgan fingerprint density at radius 1 is 1.33 bits per heavy atom. The molecule has 0 aliphatic rings. The van der Waals surface area contributed by atoms with Gasteiger partial charge in [-0.1, -0.05) is 44.4 Å². The molecular formula is C14H19FN2O. The Hall–Kier alpha value is -1.71. The van der Waals surface area contributed by atoms with Crippen LogP contribution >= 0.6 is 0 Å². The number of halogens is 1. The molecule has 0 heterocycles. The molecule has 3 nitrogen and oxygen atoms in total. The summed E-state index contributed by atoms with van der Waals surface area (Å²) in [5, 5.41) is 3.74. The van der Waals surface area contributed by atoms with Crippen molar-refractivity contribution in [3.63, 3.8) is 0 Å². The predicted octanol–water partition coefficient (Wildman–Crippen LogP) is 3.25. The second kappa shape index (κ2) is 8.39. The summed E-state index contributed by atoms with van der Waals surface area (Å²) in [5.74, 6) is -0.475. The van der Waals surface area contributed by atoms with Crippen LogP contribution in [0.3, 0.4) is 0 Å². The van der Waals surface area contributed by atoms with Crippen LogP contribution in [0.4, 0.5) is 4.39 Å². The average molecular weight is 250 g/mol. The van der Waals surface area contributed by atoms with Gasteiger partial charge in [-0.2, -0.15) is 5.10 Å². The summed E-state index contributed by atoms with van der Waals surface area (Å²) in [6.07, 6.45) is 6.00. The van der Waals surface area contributed by atoms with E-state index in [0.717, 1.165) is 25.7 Å². The summed E-state index contributed by atoms with van der Waals surface area (Å²) >= 11 is 0. The molecule has 0 aliphatic carbocycles. The van der Waals surface area contributed by atoms with E-state index in [1.54, 1.807) is 18.2 Å². The third-order valence-electron chi connectivity index (χ3n) is 2.56. The molecule has 0 aliphatic heterocycles. The van der Waals surface area contributed by atoms with Crippen LogP contribution in [0.2, 0.25) is 0 Å². The molecule has 1 amide bonds. The molecule has 0 aromatic heterocycles. The molecule has 1 rings (SSSR count). The van der Waals surface area contributed by atoms with Gasteiger partial charge in [-0.25, -0.2) is 9.82 Å². The van der Waals surface area contributed by atoms with Crippen LogP contribution in [0.5, 0.6) is 0 Å². The van der Waals surface area contributed by atoms with Crippen molar-refractivity contribution >= 4 is 12.1 Å². The number of hydrazone groups is 1. The lowest BCUT2D eigenvalue weighted by molar-refractivity contribution is -0.121. The summed E-state index contributed by atoms with van der Waals surface area (Å²) in [5.41, 5.74) is 2.76. The largest absolute Gasteiger partial charge is 0.273 e. The highest BCUT2D eigenvalue weighted by atomic mass is 19.1. The number of hydrogen-bond donors (Lipinski definition) is 1. The quantitative estimate of drug-likeness (QED) is 0.450. The molecule has 0 spiro atoms. The molecule has 1 N–H and O–H groups in total. The second-order valence-corrected chi connectivity index (χ2v) is 4.13. The molecule has 0 saturated heterocycles. The molecule has 0 unspecified atom stereocenters. The zero-order chi connectivity index (χ0) is 13.2. The molecule has 0 radical (unpaired) electrons. The first-order valence-corrected chi connectivity index (χ1v) is 6.30. The topological polar surface area (TPSA) is 41.5 Å². The Labute approximate surface area is 107 Å². The Bertz CT molecular complexity index is 405. The standard InChI is InChI=1S/C14H19FN2O/c1-2-3-4-5-10-14(18)17-16-11-12-8-6-7-9-13(12)15/h6-9,11H,2-5,10H2,1H3,(H,17,18)/b16-11+. The first-order valence-electron chi connectivity index (χ1n) is 6.30. The summed E-state index contributed by atoms with van der Waals surface area (Å²) in [6.45, 7) is 2.12. The van der Waals surface area contributed by atoms with Gasteiger partial charge in [0.1, 0.15) is 5.82 Å². The van der Waals surface area contributed by atoms with Crippen LogP contribution in [0.25, 0.3) is 0 Å². The smallest absolute Gasteiger partial charge is 0.240 e. The number of benzene rings is 1. The van der Waals surface area contributed by atoms with E-state index in [0.29, 0.717) is 12.0 Å². The van der Waals surface area contributed by atoms with E-state index in [-0.39, 0.29) is 11.7 Å². The minimum atomic E-state index is -0.349. The number of nitrogens with zero attached hydrogens (tertiary/aromatic N) is 1. The van der Waals surface area contributed by atoms with E-state index < -0.39 is 0 Å². The zero-order valence-electron chi connectivity index (χ0n) is 10.7. The molecule has 4 heteroatoms. The van der Waals surface area contributed by atoms with E-state index in [1.165, 1.54) is 12.3 Å². The van der Waals surface area contributed by atoms with E-state index in [1.807, 2.05) is 0 Å². The van der Waals surface area contributed by atoms with Crippen LogP contribution < -0.4 is 5.43 Å². The molecule has 0 bridgehead atoms. The molecule has 98 valence electrons. The Morgan fingerprint density at radius 3 is 2.83 bits per heavy atom. The van der Waals surface area contributed by atoms with Crippen molar-refractivity contribution in [1.29, 1.82) is 0 Å². The van der Waals surface area contributed by atoms with Gasteiger partial charge in [-0.15, -0.1) is 0 Å². The predicted molar refractivity (Wildman–Crippen MR) is 70.9 cm³/mol. The fourth-order valence-electron chi connectivity index (χ4n) is 1.52. The number of carbonyl (C=O) groups is 1. The molecule has 1 aromatic rings. The highest BCUT2D eigenvalue weighted by Gasteiger charge is 1.99. The Balaban J connectivity index is 2.28. The molecule has 0 atom stereocenters. The van der Waals surface area contributed by atoms with Crippen molar-refractivity contribution < 1.29 is 9.18 Å². The summed E-state index contributed by atoms with van der Waals surface area (Å²) in [6, 6.07) is 6.29. The third-order valence-corrected chi connectivity index (χ3v) is 2.56. The van der Waals surface area contributed by atoms with Crippen molar-refractivity contribution in [3.05, 3.63) is 35.6 Å². The van der Waals surface area contributed by atoms with Crippen LogP contribution in [-0.4, -0.2) is 12.1 Å². The normalized spacial score (nSPS) is 10.8. The van der Waals surface area contributed by atoms with Gasteiger partial charge in [0.2, 0.25) is 5.91 Å². The maximum atomic E-state index is 13.2. The van der Waals surface area contributed by atoms with Gasteiger partial charge < -0.3 is 0 Å². The molecular weight excluding hydrogens is 231 g/mol. The fraction of sp³-hybridized carbons (Fsp3) is 0.429. The summed E-state index contributed by atoms with van der Waals surface area (Å²) < 4.78 is 13.2. The van der Waals surface area contributed by atoms with E-state index in [4.69, 9.17) is 0 Å². The molecule has 1 aromatic carbocycles. The van der Waals surface area contributed by atoms with Gasteiger partial charge >= 0.3 is 0 Å². The monoisotopic (exact) mass is 250 g/mol. The average Bonchev–Trinajstić information content (AvgIpc) is 2.37. The van der Waals surface area contributed by atoms with Crippen molar-refractivity contribution in [1.82, 2.24) is 5.43 Å². The van der Waals surface area contributed by atoms with Crippen LogP contribution in [0, 0.1) is 5.82 Å². The summed E-state index contributed by atoms with van der Waals surface area (Å²) in [4.78, 5) is 11.4. The second-order valence-electron chi connectivity index (χ2n) is 4.13. The number of nitrogens with one attached hydrogen (secondary N) is 1.